The number of nitrogens with one attached hydrogen (secondary N) is 1. The van der Waals surface area contributed by atoms with E-state index in [1.165, 1.54) is 11.8 Å². The lowest BCUT2D eigenvalue weighted by atomic mass is 10.1. The van der Waals surface area contributed by atoms with Gasteiger partial charge in [0.15, 0.2) is 5.78 Å². The molecule has 0 saturated carbocycles. The Morgan fingerprint density at radius 3 is 2.64 bits per heavy atom. The standard InChI is InChI=1S/C19H21F3N2O2S2/c1-12-10-14-11-16(17(25)13-4-6-15(26-2)7-5-13)27-18(14)24(12)9-3-8-23-28-19(20,21)22/h4-7,10-11,14,18,23H,3,8-9H2,1-2H3. The van der Waals surface area contributed by atoms with E-state index in [1.54, 1.807) is 31.4 Å². The molecule has 0 spiro atoms. The molecule has 2 aliphatic heterocycles. The SMILES string of the molecule is COc1ccc(C(=O)C2=CC3C=C(C)N(CCCNSC(F)(F)F)C3S2)cc1. The van der Waals surface area contributed by atoms with Crippen LogP contribution in [-0.2, 0) is 0 Å². The number of methoxy groups -OCH3 is 1. The Morgan fingerprint density at radius 1 is 1.29 bits per heavy atom. The molecular weight excluding hydrogens is 409 g/mol. The third-order valence-electron chi connectivity index (χ3n) is 4.56. The molecule has 1 aromatic carbocycles. The lowest BCUT2D eigenvalue weighted by Gasteiger charge is -2.28. The summed E-state index contributed by atoms with van der Waals surface area (Å²) in [5, 5.41) is 0.0902. The molecule has 0 fully saturated rings. The summed E-state index contributed by atoms with van der Waals surface area (Å²) in [6, 6.07) is 7.02. The minimum atomic E-state index is -4.27. The van der Waals surface area contributed by atoms with Gasteiger partial charge in [0, 0.05) is 42.2 Å². The van der Waals surface area contributed by atoms with Crippen molar-refractivity contribution in [2.24, 2.45) is 5.92 Å². The number of Topliss-reactive ketones (excluding diaryl/α,β-unsaturated/α-hetero) is 1. The van der Waals surface area contributed by atoms with Crippen LogP contribution in [0.4, 0.5) is 13.2 Å². The van der Waals surface area contributed by atoms with Crippen molar-refractivity contribution >= 4 is 29.5 Å². The van der Waals surface area contributed by atoms with Gasteiger partial charge in [-0.15, -0.1) is 0 Å². The smallest absolute Gasteiger partial charge is 0.456 e. The van der Waals surface area contributed by atoms with Crippen LogP contribution >= 0.6 is 23.7 Å². The molecular formula is C19H21F3N2O2S2. The van der Waals surface area contributed by atoms with Crippen LogP contribution in [0.25, 0.3) is 0 Å². The topological polar surface area (TPSA) is 41.6 Å². The van der Waals surface area contributed by atoms with Crippen LogP contribution in [0.5, 0.6) is 5.75 Å². The first kappa shape index (κ1) is 21.1. The van der Waals surface area contributed by atoms with Gasteiger partial charge >= 0.3 is 5.51 Å². The second-order valence-corrected chi connectivity index (χ2v) is 8.59. The normalized spacial score (nSPS) is 21.4. The molecule has 4 nitrogen and oxygen atoms in total. The quantitative estimate of drug-likeness (QED) is 0.362. The van der Waals surface area contributed by atoms with Crippen molar-refractivity contribution in [1.82, 2.24) is 9.62 Å². The number of thioether (sulfide) groups is 1. The van der Waals surface area contributed by atoms with Crippen molar-refractivity contribution in [2.75, 3.05) is 20.2 Å². The molecule has 1 aromatic rings. The Balaban J connectivity index is 1.55. The second-order valence-electron chi connectivity index (χ2n) is 6.47. The van der Waals surface area contributed by atoms with Gasteiger partial charge in [-0.25, -0.2) is 0 Å². The Morgan fingerprint density at radius 2 is 2.00 bits per heavy atom. The first-order valence-corrected chi connectivity index (χ1v) is 10.5. The van der Waals surface area contributed by atoms with Gasteiger partial charge in [-0.1, -0.05) is 23.9 Å². The third-order valence-corrected chi connectivity index (χ3v) is 6.52. The molecule has 3 rings (SSSR count). The molecule has 1 N–H and O–H groups in total. The van der Waals surface area contributed by atoms with E-state index in [9.17, 15) is 18.0 Å². The van der Waals surface area contributed by atoms with Crippen molar-refractivity contribution in [3.05, 3.63) is 52.6 Å². The fourth-order valence-corrected chi connectivity index (χ4v) is 5.10. The Bertz CT molecular complexity index is 778. The van der Waals surface area contributed by atoms with Crippen molar-refractivity contribution in [1.29, 1.82) is 0 Å². The van der Waals surface area contributed by atoms with Crippen LogP contribution in [0.15, 0.2) is 47.0 Å². The summed E-state index contributed by atoms with van der Waals surface area (Å²) in [6.45, 7) is 2.90. The summed E-state index contributed by atoms with van der Waals surface area (Å²) in [5.74, 6) is 0.819. The molecule has 0 saturated heterocycles. The maximum Gasteiger partial charge on any atom is 0.456 e. The highest BCUT2D eigenvalue weighted by Gasteiger charge is 2.38. The van der Waals surface area contributed by atoms with Crippen LogP contribution in [0.3, 0.4) is 0 Å². The van der Waals surface area contributed by atoms with E-state index in [4.69, 9.17) is 4.74 Å². The van der Waals surface area contributed by atoms with Gasteiger partial charge in [0.1, 0.15) is 5.75 Å². The summed E-state index contributed by atoms with van der Waals surface area (Å²) in [6.07, 6.45) is 4.69. The number of carbonyl (C=O) groups is 1. The van der Waals surface area contributed by atoms with E-state index in [-0.39, 0.29) is 35.6 Å². The minimum absolute atomic E-state index is 0.0173. The Labute approximate surface area is 170 Å². The molecule has 2 atom stereocenters. The zero-order valence-corrected chi connectivity index (χ0v) is 17.1. The summed E-state index contributed by atoms with van der Waals surface area (Å²) >= 11 is 1.31. The lowest BCUT2D eigenvalue weighted by Crippen LogP contribution is -2.31. The maximum absolute atomic E-state index is 12.8. The van der Waals surface area contributed by atoms with E-state index in [0.29, 0.717) is 29.2 Å². The number of hydrogen-bond donors (Lipinski definition) is 1. The van der Waals surface area contributed by atoms with E-state index in [0.717, 1.165) is 5.70 Å². The minimum Gasteiger partial charge on any atom is -0.497 e. The molecule has 9 heteroatoms. The molecule has 0 radical (unpaired) electrons. The Hall–Kier alpha value is -1.58. The molecule has 28 heavy (non-hydrogen) atoms. The first-order chi connectivity index (χ1) is 13.3. The average molecular weight is 431 g/mol. The number of halogens is 3. The third kappa shape index (κ3) is 5.07. The number of allylic oxidation sites excluding steroid dienone is 2. The highest BCUT2D eigenvalue weighted by Crippen LogP contribution is 2.46. The number of benzene rings is 1. The number of ketones is 1. The number of rotatable bonds is 8. The first-order valence-electron chi connectivity index (χ1n) is 8.78. The molecule has 0 bridgehead atoms. The molecule has 0 aromatic heterocycles. The van der Waals surface area contributed by atoms with Crippen LogP contribution < -0.4 is 9.46 Å². The fourth-order valence-electron chi connectivity index (χ4n) is 3.25. The molecule has 2 aliphatic rings. The monoisotopic (exact) mass is 430 g/mol. The molecule has 152 valence electrons. The zero-order valence-electron chi connectivity index (χ0n) is 15.5. The number of hydrogen-bond acceptors (Lipinski definition) is 6. The predicted molar refractivity (Wildman–Crippen MR) is 107 cm³/mol. The van der Waals surface area contributed by atoms with E-state index in [1.807, 2.05) is 13.0 Å². The highest BCUT2D eigenvalue weighted by atomic mass is 32.2. The van der Waals surface area contributed by atoms with Gasteiger partial charge in [0.05, 0.1) is 17.4 Å². The lowest BCUT2D eigenvalue weighted by molar-refractivity contribution is -0.0335. The molecule has 0 amide bonds. The second kappa shape index (κ2) is 8.84. The predicted octanol–water partition coefficient (Wildman–Crippen LogP) is 4.82. The van der Waals surface area contributed by atoms with E-state index >= 15 is 0 Å². The Kier molecular flexibility index (Phi) is 6.67. The van der Waals surface area contributed by atoms with Crippen molar-refractivity contribution in [2.45, 2.75) is 24.2 Å². The number of fused-ring (bicyclic) bond motifs is 1. The summed E-state index contributed by atoms with van der Waals surface area (Å²) in [7, 11) is 1.58. The average Bonchev–Trinajstić information content (AvgIpc) is 3.18. The number of alkyl halides is 3. The van der Waals surface area contributed by atoms with Crippen molar-refractivity contribution < 1.29 is 22.7 Å². The van der Waals surface area contributed by atoms with Crippen molar-refractivity contribution in [3.8, 4) is 5.75 Å². The van der Waals surface area contributed by atoms with Gasteiger partial charge < -0.3 is 9.64 Å². The fraction of sp³-hybridized carbons (Fsp3) is 0.421. The van der Waals surface area contributed by atoms with Gasteiger partial charge in [-0.05, 0) is 37.6 Å². The summed E-state index contributed by atoms with van der Waals surface area (Å²) in [5.41, 5.74) is -2.56. The van der Waals surface area contributed by atoms with Crippen LogP contribution in [0.2, 0.25) is 0 Å². The maximum atomic E-state index is 12.8. The van der Waals surface area contributed by atoms with Crippen LogP contribution in [0, 0.1) is 5.92 Å². The number of nitrogens with zero attached hydrogens (tertiary/aromatic N) is 1. The largest absolute Gasteiger partial charge is 0.497 e. The van der Waals surface area contributed by atoms with Gasteiger partial charge in [0.2, 0.25) is 0 Å². The van der Waals surface area contributed by atoms with E-state index in [2.05, 4.69) is 15.7 Å². The zero-order chi connectivity index (χ0) is 20.3. The number of ether oxygens (including phenoxy) is 1. The van der Waals surface area contributed by atoms with E-state index < -0.39 is 5.51 Å². The summed E-state index contributed by atoms with van der Waals surface area (Å²) < 4.78 is 43.9. The van der Waals surface area contributed by atoms with Gasteiger partial charge in [-0.3, -0.25) is 9.52 Å². The molecule has 2 heterocycles. The van der Waals surface area contributed by atoms with Crippen LogP contribution in [0.1, 0.15) is 23.7 Å². The summed E-state index contributed by atoms with van der Waals surface area (Å²) in [4.78, 5) is 15.6. The molecule has 2 unspecified atom stereocenters. The number of carbonyl (C=O) groups excluding carboxylic acids is 1. The van der Waals surface area contributed by atoms with Crippen LogP contribution in [-0.4, -0.2) is 41.8 Å². The van der Waals surface area contributed by atoms with Gasteiger partial charge in [0.25, 0.3) is 0 Å². The molecule has 0 aliphatic carbocycles. The van der Waals surface area contributed by atoms with Gasteiger partial charge in [-0.2, -0.15) is 13.2 Å². The highest BCUT2D eigenvalue weighted by molar-refractivity contribution is 8.04. The van der Waals surface area contributed by atoms with Crippen molar-refractivity contribution in [3.63, 3.8) is 0 Å².